The van der Waals surface area contributed by atoms with Crippen LogP contribution < -0.4 is 4.90 Å². The third-order valence-electron chi connectivity index (χ3n) is 15.7. The zero-order valence-corrected chi connectivity index (χ0v) is 39.2. The fourth-order valence-corrected chi connectivity index (χ4v) is 12.3. The molecule has 328 valence electrons. The maximum absolute atomic E-state index is 6.85. The lowest BCUT2D eigenvalue weighted by Gasteiger charge is -2.30. The molecule has 0 fully saturated rings. The SMILES string of the molecule is CC1(C)C2=CC=C=C=C2c2ccc(N(c3cccc4c3-c3cc(C5=CC=CCC5)ccc3C4(C)C)c3cccc4oc5ccc(-c6ccc7c(c6)c6ccccc6n7-c6ccccc6)cc5c34)cc21. The van der Waals surface area contributed by atoms with Gasteiger partial charge in [0.2, 0.25) is 0 Å². The summed E-state index contributed by atoms with van der Waals surface area (Å²) in [5.74, 6) is 0. The van der Waals surface area contributed by atoms with Crippen molar-refractivity contribution in [1.29, 1.82) is 0 Å². The van der Waals surface area contributed by atoms with Gasteiger partial charge in [-0.25, -0.2) is 0 Å². The number of fused-ring (bicyclic) bond motifs is 12. The van der Waals surface area contributed by atoms with Gasteiger partial charge >= 0.3 is 0 Å². The number of para-hydroxylation sites is 2. The fourth-order valence-electron chi connectivity index (χ4n) is 12.3. The van der Waals surface area contributed by atoms with Crippen molar-refractivity contribution < 1.29 is 4.42 Å². The molecule has 4 aliphatic rings. The zero-order chi connectivity index (χ0) is 46.2. The van der Waals surface area contributed by atoms with Gasteiger partial charge in [-0.2, -0.15) is 0 Å². The summed E-state index contributed by atoms with van der Waals surface area (Å²) in [6, 6.07) is 60.9. The highest BCUT2D eigenvalue weighted by Crippen LogP contribution is 2.57. The molecule has 4 aliphatic carbocycles. The number of rotatable bonds is 6. The molecule has 0 bridgehead atoms. The Morgan fingerprint density at radius 1 is 0.565 bits per heavy atom. The monoisotopic (exact) mass is 884 g/mol. The van der Waals surface area contributed by atoms with Gasteiger partial charge in [0.1, 0.15) is 11.2 Å². The van der Waals surface area contributed by atoms with Crippen molar-refractivity contribution in [3.63, 3.8) is 0 Å². The van der Waals surface area contributed by atoms with E-state index < -0.39 is 0 Å². The summed E-state index contributed by atoms with van der Waals surface area (Å²) in [6.45, 7) is 9.47. The predicted octanol–water partition coefficient (Wildman–Crippen LogP) is 17.8. The van der Waals surface area contributed by atoms with E-state index in [1.807, 2.05) is 6.08 Å². The minimum atomic E-state index is -0.222. The molecule has 0 aliphatic heterocycles. The van der Waals surface area contributed by atoms with E-state index in [4.69, 9.17) is 4.42 Å². The molecular weight excluding hydrogens is 837 g/mol. The molecule has 0 N–H and O–H groups in total. The highest BCUT2D eigenvalue weighted by molar-refractivity contribution is 6.16. The molecule has 10 aromatic rings. The molecule has 0 radical (unpaired) electrons. The number of hydrogen-bond acceptors (Lipinski definition) is 2. The number of aromatic nitrogens is 1. The quantitative estimate of drug-likeness (QED) is 0.155. The van der Waals surface area contributed by atoms with Crippen LogP contribution in [0.5, 0.6) is 0 Å². The largest absolute Gasteiger partial charge is 0.456 e. The van der Waals surface area contributed by atoms with Crippen LogP contribution >= 0.6 is 0 Å². The second kappa shape index (κ2) is 14.6. The number of anilines is 3. The molecule has 14 rings (SSSR count). The molecule has 0 unspecified atom stereocenters. The van der Waals surface area contributed by atoms with Gasteiger partial charge in [0, 0.05) is 49.5 Å². The number of hydrogen-bond donors (Lipinski definition) is 0. The Morgan fingerprint density at radius 3 is 2.22 bits per heavy atom. The average molecular weight is 885 g/mol. The van der Waals surface area contributed by atoms with Crippen molar-refractivity contribution >= 4 is 72.0 Å². The molecule has 0 saturated heterocycles. The van der Waals surface area contributed by atoms with Gasteiger partial charge in [0.25, 0.3) is 0 Å². The Labute approximate surface area is 402 Å². The minimum absolute atomic E-state index is 0.197. The van der Waals surface area contributed by atoms with E-state index >= 15 is 0 Å². The van der Waals surface area contributed by atoms with E-state index in [9.17, 15) is 0 Å². The Hall–Kier alpha value is -8.32. The van der Waals surface area contributed by atoms with Crippen LogP contribution in [-0.4, -0.2) is 4.57 Å². The van der Waals surface area contributed by atoms with Gasteiger partial charge in [0.15, 0.2) is 0 Å². The van der Waals surface area contributed by atoms with E-state index in [-0.39, 0.29) is 10.8 Å². The van der Waals surface area contributed by atoms with Crippen molar-refractivity contribution in [2.75, 3.05) is 4.90 Å². The molecular formula is C66H48N2O. The molecule has 0 spiro atoms. The fraction of sp³-hybridized carbons (Fsp3) is 0.121. The number of allylic oxidation sites excluding steroid dienone is 8. The summed E-state index contributed by atoms with van der Waals surface area (Å²) >= 11 is 0. The Balaban J connectivity index is 1.00. The van der Waals surface area contributed by atoms with Crippen LogP contribution in [0.25, 0.3) is 82.8 Å². The molecule has 3 nitrogen and oxygen atoms in total. The first kappa shape index (κ1) is 39.8. The van der Waals surface area contributed by atoms with Crippen molar-refractivity contribution in [3.05, 3.63) is 239 Å². The normalized spacial score (nSPS) is 15.9. The van der Waals surface area contributed by atoms with E-state index in [1.54, 1.807) is 0 Å². The smallest absolute Gasteiger partial charge is 0.137 e. The first-order valence-corrected chi connectivity index (χ1v) is 24.3. The van der Waals surface area contributed by atoms with Crippen molar-refractivity contribution in [3.8, 4) is 27.9 Å². The molecule has 8 aromatic carbocycles. The highest BCUT2D eigenvalue weighted by Gasteiger charge is 2.41. The predicted molar refractivity (Wildman–Crippen MR) is 288 cm³/mol. The Bertz CT molecular complexity index is 4090. The summed E-state index contributed by atoms with van der Waals surface area (Å²) in [7, 11) is 0. The summed E-state index contributed by atoms with van der Waals surface area (Å²) in [5.41, 5.74) is 30.1. The van der Waals surface area contributed by atoms with Crippen LogP contribution in [0.4, 0.5) is 17.1 Å². The maximum atomic E-state index is 6.85. The third kappa shape index (κ3) is 5.76. The molecule has 3 heteroatoms. The van der Waals surface area contributed by atoms with Gasteiger partial charge in [-0.1, -0.05) is 142 Å². The summed E-state index contributed by atoms with van der Waals surface area (Å²) in [5, 5.41) is 4.64. The third-order valence-corrected chi connectivity index (χ3v) is 15.7. The van der Waals surface area contributed by atoms with Gasteiger partial charge in [-0.05, 0) is 160 Å². The van der Waals surface area contributed by atoms with E-state index in [1.165, 1.54) is 71.9 Å². The maximum Gasteiger partial charge on any atom is 0.137 e. The molecule has 0 amide bonds. The second-order valence-electron chi connectivity index (χ2n) is 20.2. The second-order valence-corrected chi connectivity index (χ2v) is 20.2. The summed E-state index contributed by atoms with van der Waals surface area (Å²) in [6.07, 6.45) is 13.1. The van der Waals surface area contributed by atoms with Crippen molar-refractivity contribution in [2.24, 2.45) is 0 Å². The van der Waals surface area contributed by atoms with Crippen LogP contribution in [0.3, 0.4) is 0 Å². The summed E-state index contributed by atoms with van der Waals surface area (Å²) < 4.78 is 9.23. The molecule has 69 heavy (non-hydrogen) atoms. The van der Waals surface area contributed by atoms with Gasteiger partial charge < -0.3 is 13.9 Å². The lowest BCUT2D eigenvalue weighted by molar-refractivity contribution is 0.660. The van der Waals surface area contributed by atoms with Crippen LogP contribution in [0.15, 0.2) is 216 Å². The van der Waals surface area contributed by atoms with E-state index in [0.29, 0.717) is 0 Å². The Morgan fingerprint density at radius 2 is 1.35 bits per heavy atom. The van der Waals surface area contributed by atoms with Crippen LogP contribution in [0.2, 0.25) is 0 Å². The standard InChI is InChI=1S/C66H48N2O/c1-65(2)54-34-29-42(41-17-7-5-8-18-41)38-51(54)63-55(65)24-15-26-59(63)68(46-32-33-48-47-21-11-13-23-53(47)66(3,4)56(48)40-46)60-27-16-28-62-64(60)52-39-44(31-36-61(52)69-62)43-30-35-58-50(37-43)49-22-12-14-25-57(49)67(58)45-19-9-6-10-20-45/h5-7,9-10,12-17,19-20,22-40H,8,18H2,1-4H3. The van der Waals surface area contributed by atoms with Crippen molar-refractivity contribution in [2.45, 2.75) is 51.4 Å². The number of nitrogens with zero attached hydrogens (tertiary/aromatic N) is 2. The molecule has 2 aromatic heterocycles. The Kier molecular flexibility index (Phi) is 8.42. The minimum Gasteiger partial charge on any atom is -0.456 e. The summed E-state index contributed by atoms with van der Waals surface area (Å²) in [4.78, 5) is 2.53. The zero-order valence-electron chi connectivity index (χ0n) is 39.2. The van der Waals surface area contributed by atoms with E-state index in [0.717, 1.165) is 74.2 Å². The van der Waals surface area contributed by atoms with Gasteiger partial charge in [-0.15, -0.1) is 0 Å². The lowest BCUT2D eigenvalue weighted by Crippen LogP contribution is -2.18. The first-order chi connectivity index (χ1) is 33.7. The van der Waals surface area contributed by atoms with Crippen LogP contribution in [0, 0.1) is 0 Å². The van der Waals surface area contributed by atoms with Crippen LogP contribution in [-0.2, 0) is 10.8 Å². The number of furan rings is 1. The molecule has 2 heterocycles. The highest BCUT2D eigenvalue weighted by atomic mass is 16.3. The molecule has 0 saturated carbocycles. The first-order valence-electron chi connectivity index (χ1n) is 24.3. The van der Waals surface area contributed by atoms with Crippen molar-refractivity contribution in [1.82, 2.24) is 4.57 Å². The van der Waals surface area contributed by atoms with E-state index in [2.05, 4.69) is 237 Å². The molecule has 0 atom stereocenters. The van der Waals surface area contributed by atoms with Gasteiger partial charge in [-0.3, -0.25) is 0 Å². The van der Waals surface area contributed by atoms with Gasteiger partial charge in [0.05, 0.1) is 27.8 Å². The number of benzene rings is 8. The lowest BCUT2D eigenvalue weighted by atomic mass is 9.81. The topological polar surface area (TPSA) is 21.3 Å². The average Bonchev–Trinajstić information content (AvgIpc) is 4.07. The van der Waals surface area contributed by atoms with Crippen LogP contribution in [0.1, 0.15) is 68.4 Å².